The van der Waals surface area contributed by atoms with Gasteiger partial charge in [-0.2, -0.15) is 0 Å². The number of aryl methyl sites for hydroxylation is 1. The summed E-state index contributed by atoms with van der Waals surface area (Å²) in [6, 6.07) is 13.3. The maximum atomic E-state index is 3.39. The molecule has 16 heavy (non-hydrogen) atoms. The predicted molar refractivity (Wildman–Crippen MR) is 71.0 cm³/mol. The van der Waals surface area contributed by atoms with E-state index in [2.05, 4.69) is 54.0 Å². The van der Waals surface area contributed by atoms with Crippen molar-refractivity contribution in [3.63, 3.8) is 0 Å². The van der Waals surface area contributed by atoms with Crippen molar-refractivity contribution >= 4 is 11.3 Å². The SMILES string of the molecule is CNC(Cc1ccccc1C)c1cccs1. The van der Waals surface area contributed by atoms with Gasteiger partial charge in [0.1, 0.15) is 0 Å². The molecule has 0 saturated carbocycles. The first-order valence-corrected chi connectivity index (χ1v) is 6.44. The highest BCUT2D eigenvalue weighted by molar-refractivity contribution is 7.10. The van der Waals surface area contributed by atoms with Gasteiger partial charge in [0, 0.05) is 10.9 Å². The van der Waals surface area contributed by atoms with E-state index in [0.717, 1.165) is 6.42 Å². The van der Waals surface area contributed by atoms with E-state index in [9.17, 15) is 0 Å². The molecular formula is C14H17NS. The van der Waals surface area contributed by atoms with Crippen LogP contribution in [0.4, 0.5) is 0 Å². The van der Waals surface area contributed by atoms with Crippen LogP contribution in [0.3, 0.4) is 0 Å². The van der Waals surface area contributed by atoms with Crippen molar-refractivity contribution in [2.75, 3.05) is 7.05 Å². The predicted octanol–water partition coefficient (Wildman–Crippen LogP) is 3.56. The molecule has 1 N–H and O–H groups in total. The summed E-state index contributed by atoms with van der Waals surface area (Å²) >= 11 is 1.82. The Morgan fingerprint density at radius 3 is 2.62 bits per heavy atom. The van der Waals surface area contributed by atoms with Gasteiger partial charge in [-0.15, -0.1) is 11.3 Å². The summed E-state index contributed by atoms with van der Waals surface area (Å²) in [5.74, 6) is 0. The second-order valence-corrected chi connectivity index (χ2v) is 4.97. The molecule has 0 aliphatic carbocycles. The van der Waals surface area contributed by atoms with Crippen molar-refractivity contribution in [2.45, 2.75) is 19.4 Å². The molecule has 0 spiro atoms. The lowest BCUT2D eigenvalue weighted by molar-refractivity contribution is 0.600. The summed E-state index contributed by atoms with van der Waals surface area (Å²) in [4.78, 5) is 1.41. The first-order chi connectivity index (χ1) is 7.81. The van der Waals surface area contributed by atoms with Crippen LogP contribution in [0.2, 0.25) is 0 Å². The summed E-state index contributed by atoms with van der Waals surface area (Å²) in [7, 11) is 2.03. The molecule has 1 aromatic carbocycles. The zero-order valence-electron chi connectivity index (χ0n) is 9.73. The van der Waals surface area contributed by atoms with E-state index in [4.69, 9.17) is 0 Å². The summed E-state index contributed by atoms with van der Waals surface area (Å²) < 4.78 is 0. The van der Waals surface area contributed by atoms with Gasteiger partial charge < -0.3 is 5.32 Å². The number of hydrogen-bond donors (Lipinski definition) is 1. The monoisotopic (exact) mass is 231 g/mol. The molecule has 2 rings (SSSR count). The molecule has 1 nitrogen and oxygen atoms in total. The molecule has 0 aliphatic heterocycles. The summed E-state index contributed by atoms with van der Waals surface area (Å²) in [5, 5.41) is 5.53. The number of hydrogen-bond acceptors (Lipinski definition) is 2. The van der Waals surface area contributed by atoms with Gasteiger partial charge in [0.15, 0.2) is 0 Å². The molecule has 0 saturated heterocycles. The Labute approximate surface area is 101 Å². The molecule has 0 fully saturated rings. The van der Waals surface area contributed by atoms with Gasteiger partial charge in [0.2, 0.25) is 0 Å². The Bertz CT molecular complexity index is 434. The lowest BCUT2D eigenvalue weighted by Crippen LogP contribution is -2.18. The van der Waals surface area contributed by atoms with Crippen LogP contribution in [-0.4, -0.2) is 7.05 Å². The molecule has 0 bridgehead atoms. The van der Waals surface area contributed by atoms with Crippen LogP contribution in [0.1, 0.15) is 22.0 Å². The molecule has 84 valence electrons. The number of likely N-dealkylation sites (N-methyl/N-ethyl adjacent to an activating group) is 1. The van der Waals surface area contributed by atoms with Gasteiger partial charge in [-0.25, -0.2) is 0 Å². The lowest BCUT2D eigenvalue weighted by Gasteiger charge is -2.15. The normalized spacial score (nSPS) is 12.6. The fourth-order valence-corrected chi connectivity index (χ4v) is 2.73. The summed E-state index contributed by atoms with van der Waals surface area (Å²) in [5.41, 5.74) is 2.80. The highest BCUT2D eigenvalue weighted by Gasteiger charge is 2.11. The molecule has 1 aromatic heterocycles. The standard InChI is InChI=1S/C14H17NS/c1-11-6-3-4-7-12(11)10-13(15-2)14-8-5-9-16-14/h3-9,13,15H,10H2,1-2H3. The molecule has 1 atom stereocenters. The van der Waals surface area contributed by atoms with E-state index in [0.29, 0.717) is 6.04 Å². The van der Waals surface area contributed by atoms with Crippen LogP contribution >= 0.6 is 11.3 Å². The molecular weight excluding hydrogens is 214 g/mol. The second kappa shape index (κ2) is 5.28. The van der Waals surface area contributed by atoms with E-state index >= 15 is 0 Å². The van der Waals surface area contributed by atoms with Gasteiger partial charge in [-0.05, 0) is 43.0 Å². The largest absolute Gasteiger partial charge is 0.312 e. The fourth-order valence-electron chi connectivity index (χ4n) is 1.89. The Morgan fingerprint density at radius 1 is 1.19 bits per heavy atom. The summed E-state index contributed by atoms with van der Waals surface area (Å²) in [6.45, 7) is 2.18. The quantitative estimate of drug-likeness (QED) is 0.848. The van der Waals surface area contributed by atoms with Crippen LogP contribution in [-0.2, 0) is 6.42 Å². The third-order valence-corrected chi connectivity index (χ3v) is 3.91. The Kier molecular flexibility index (Phi) is 3.75. The van der Waals surface area contributed by atoms with Gasteiger partial charge in [0.05, 0.1) is 0 Å². The third kappa shape index (κ3) is 2.52. The van der Waals surface area contributed by atoms with Crippen LogP contribution in [0.25, 0.3) is 0 Å². The van der Waals surface area contributed by atoms with Crippen molar-refractivity contribution in [3.05, 3.63) is 57.8 Å². The van der Waals surface area contributed by atoms with E-state index in [-0.39, 0.29) is 0 Å². The van der Waals surface area contributed by atoms with Gasteiger partial charge in [-0.3, -0.25) is 0 Å². The molecule has 2 aromatic rings. The lowest BCUT2D eigenvalue weighted by atomic mass is 10.0. The Morgan fingerprint density at radius 2 is 2.00 bits per heavy atom. The fraction of sp³-hybridized carbons (Fsp3) is 0.286. The highest BCUT2D eigenvalue weighted by atomic mass is 32.1. The van der Waals surface area contributed by atoms with Crippen LogP contribution < -0.4 is 5.32 Å². The number of benzene rings is 1. The minimum Gasteiger partial charge on any atom is -0.312 e. The van der Waals surface area contributed by atoms with E-state index in [1.165, 1.54) is 16.0 Å². The minimum absolute atomic E-state index is 0.432. The van der Waals surface area contributed by atoms with Crippen LogP contribution in [0.5, 0.6) is 0 Å². The van der Waals surface area contributed by atoms with E-state index in [1.54, 1.807) is 0 Å². The number of thiophene rings is 1. The first kappa shape index (κ1) is 11.4. The van der Waals surface area contributed by atoms with Crippen molar-refractivity contribution < 1.29 is 0 Å². The second-order valence-electron chi connectivity index (χ2n) is 3.99. The zero-order valence-corrected chi connectivity index (χ0v) is 10.6. The summed E-state index contributed by atoms with van der Waals surface area (Å²) in [6.07, 6.45) is 1.06. The van der Waals surface area contributed by atoms with Gasteiger partial charge in [-0.1, -0.05) is 30.3 Å². The van der Waals surface area contributed by atoms with Crippen molar-refractivity contribution in [2.24, 2.45) is 0 Å². The maximum Gasteiger partial charge on any atom is 0.0453 e. The van der Waals surface area contributed by atoms with Gasteiger partial charge in [0.25, 0.3) is 0 Å². The average molecular weight is 231 g/mol. The molecule has 1 unspecified atom stereocenters. The van der Waals surface area contributed by atoms with E-state index in [1.807, 2.05) is 18.4 Å². The molecule has 2 heteroatoms. The maximum absolute atomic E-state index is 3.39. The number of rotatable bonds is 4. The van der Waals surface area contributed by atoms with Crippen molar-refractivity contribution in [1.82, 2.24) is 5.32 Å². The Balaban J connectivity index is 2.17. The average Bonchev–Trinajstić information content (AvgIpc) is 2.81. The smallest absolute Gasteiger partial charge is 0.0453 e. The van der Waals surface area contributed by atoms with Crippen LogP contribution in [0, 0.1) is 6.92 Å². The first-order valence-electron chi connectivity index (χ1n) is 5.56. The minimum atomic E-state index is 0.432. The molecule has 1 heterocycles. The third-order valence-electron chi connectivity index (χ3n) is 2.92. The zero-order chi connectivity index (χ0) is 11.4. The highest BCUT2D eigenvalue weighted by Crippen LogP contribution is 2.23. The van der Waals surface area contributed by atoms with Crippen molar-refractivity contribution in [3.8, 4) is 0 Å². The molecule has 0 radical (unpaired) electrons. The topological polar surface area (TPSA) is 12.0 Å². The van der Waals surface area contributed by atoms with Crippen molar-refractivity contribution in [1.29, 1.82) is 0 Å². The van der Waals surface area contributed by atoms with Crippen LogP contribution in [0.15, 0.2) is 41.8 Å². The van der Waals surface area contributed by atoms with E-state index < -0.39 is 0 Å². The molecule has 0 amide bonds. The van der Waals surface area contributed by atoms with Gasteiger partial charge >= 0.3 is 0 Å². The molecule has 0 aliphatic rings. The Hall–Kier alpha value is -1.12. The number of nitrogens with one attached hydrogen (secondary N) is 1.